The Morgan fingerprint density at radius 3 is 2.89 bits per heavy atom. The van der Waals surface area contributed by atoms with Crippen molar-refractivity contribution in [3.05, 3.63) is 40.1 Å². The van der Waals surface area contributed by atoms with Crippen LogP contribution < -0.4 is 10.5 Å². The first-order chi connectivity index (χ1) is 8.56. The highest BCUT2D eigenvalue weighted by atomic mass is 79.9. The predicted octanol–water partition coefficient (Wildman–Crippen LogP) is 2.18. The Hall–Kier alpha value is -1.40. The number of ether oxygens (including phenoxy) is 1. The minimum Gasteiger partial charge on any atom is -0.487 e. The minimum atomic E-state index is -0.0839. The highest BCUT2D eigenvalue weighted by Gasteiger charge is 2.09. The van der Waals surface area contributed by atoms with Crippen molar-refractivity contribution < 1.29 is 4.74 Å². The zero-order valence-electron chi connectivity index (χ0n) is 10.3. The van der Waals surface area contributed by atoms with Gasteiger partial charge in [-0.2, -0.15) is 0 Å². The van der Waals surface area contributed by atoms with Crippen molar-refractivity contribution in [3.8, 4) is 5.75 Å². The van der Waals surface area contributed by atoms with E-state index in [4.69, 9.17) is 10.5 Å². The SMILES string of the molecule is C[C@@H](N)c1cc(Br)ccc1OCc1cn(C)nn1. The fourth-order valence-corrected chi connectivity index (χ4v) is 2.00. The van der Waals surface area contributed by atoms with Gasteiger partial charge in [0, 0.05) is 23.1 Å². The molecule has 18 heavy (non-hydrogen) atoms. The highest BCUT2D eigenvalue weighted by molar-refractivity contribution is 9.10. The van der Waals surface area contributed by atoms with Crippen LogP contribution in [0.3, 0.4) is 0 Å². The smallest absolute Gasteiger partial charge is 0.134 e. The van der Waals surface area contributed by atoms with Crippen LogP contribution in [0.15, 0.2) is 28.9 Å². The van der Waals surface area contributed by atoms with Crippen molar-refractivity contribution in [2.45, 2.75) is 19.6 Å². The molecule has 1 heterocycles. The molecule has 0 unspecified atom stereocenters. The fourth-order valence-electron chi connectivity index (χ4n) is 1.62. The van der Waals surface area contributed by atoms with E-state index < -0.39 is 0 Å². The van der Waals surface area contributed by atoms with E-state index in [-0.39, 0.29) is 6.04 Å². The highest BCUT2D eigenvalue weighted by Crippen LogP contribution is 2.27. The molecular weight excluding hydrogens is 296 g/mol. The molecule has 0 spiro atoms. The Balaban J connectivity index is 2.13. The Morgan fingerprint density at radius 1 is 1.50 bits per heavy atom. The van der Waals surface area contributed by atoms with Gasteiger partial charge in [-0.05, 0) is 25.1 Å². The predicted molar refractivity (Wildman–Crippen MR) is 72.1 cm³/mol. The lowest BCUT2D eigenvalue weighted by Gasteiger charge is -2.13. The van der Waals surface area contributed by atoms with Gasteiger partial charge in [-0.25, -0.2) is 0 Å². The second-order valence-corrected chi connectivity index (χ2v) is 5.06. The van der Waals surface area contributed by atoms with Crippen LogP contribution >= 0.6 is 15.9 Å². The van der Waals surface area contributed by atoms with Crippen LogP contribution in [0.25, 0.3) is 0 Å². The first kappa shape index (κ1) is 13.0. The molecule has 1 aromatic carbocycles. The lowest BCUT2D eigenvalue weighted by Crippen LogP contribution is -2.08. The van der Waals surface area contributed by atoms with Gasteiger partial charge in [0.1, 0.15) is 18.1 Å². The Labute approximate surface area is 114 Å². The maximum atomic E-state index is 5.92. The van der Waals surface area contributed by atoms with E-state index >= 15 is 0 Å². The third kappa shape index (κ3) is 3.08. The summed E-state index contributed by atoms with van der Waals surface area (Å²) in [4.78, 5) is 0. The average molecular weight is 311 g/mol. The summed E-state index contributed by atoms with van der Waals surface area (Å²) in [6, 6.07) is 5.72. The molecule has 1 atom stereocenters. The van der Waals surface area contributed by atoms with Gasteiger partial charge >= 0.3 is 0 Å². The van der Waals surface area contributed by atoms with Gasteiger partial charge in [-0.1, -0.05) is 21.1 Å². The maximum Gasteiger partial charge on any atom is 0.134 e. The molecule has 0 amide bonds. The molecule has 6 heteroatoms. The second-order valence-electron chi connectivity index (χ2n) is 4.14. The van der Waals surface area contributed by atoms with Gasteiger partial charge in [0.05, 0.1) is 6.20 Å². The van der Waals surface area contributed by atoms with E-state index in [1.165, 1.54) is 0 Å². The van der Waals surface area contributed by atoms with E-state index in [1.807, 2.05) is 38.4 Å². The quantitative estimate of drug-likeness (QED) is 0.940. The monoisotopic (exact) mass is 310 g/mol. The topological polar surface area (TPSA) is 66.0 Å². The van der Waals surface area contributed by atoms with Gasteiger partial charge in [-0.15, -0.1) is 5.10 Å². The van der Waals surface area contributed by atoms with Crippen LogP contribution in [0.4, 0.5) is 0 Å². The van der Waals surface area contributed by atoms with Crippen molar-refractivity contribution in [1.29, 1.82) is 0 Å². The molecule has 2 aromatic rings. The van der Waals surface area contributed by atoms with E-state index in [0.717, 1.165) is 21.5 Å². The number of hydrogen-bond acceptors (Lipinski definition) is 4. The third-order valence-electron chi connectivity index (χ3n) is 2.49. The summed E-state index contributed by atoms with van der Waals surface area (Å²) < 4.78 is 8.37. The molecule has 1 aromatic heterocycles. The normalized spacial score (nSPS) is 12.4. The third-order valence-corrected chi connectivity index (χ3v) is 2.98. The van der Waals surface area contributed by atoms with E-state index in [0.29, 0.717) is 6.61 Å². The molecule has 0 aliphatic rings. The lowest BCUT2D eigenvalue weighted by molar-refractivity contribution is 0.296. The van der Waals surface area contributed by atoms with Gasteiger partial charge in [0.2, 0.25) is 0 Å². The number of aryl methyl sites for hydroxylation is 1. The zero-order chi connectivity index (χ0) is 13.1. The number of rotatable bonds is 4. The molecule has 0 saturated carbocycles. The van der Waals surface area contributed by atoms with Crippen molar-refractivity contribution >= 4 is 15.9 Å². The summed E-state index contributed by atoms with van der Waals surface area (Å²) in [7, 11) is 1.82. The van der Waals surface area contributed by atoms with Crippen molar-refractivity contribution in [2.75, 3.05) is 0 Å². The molecule has 0 aliphatic carbocycles. The first-order valence-corrected chi connectivity index (χ1v) is 6.38. The van der Waals surface area contributed by atoms with E-state index in [1.54, 1.807) is 4.68 Å². The maximum absolute atomic E-state index is 5.92. The molecule has 96 valence electrons. The average Bonchev–Trinajstić information content (AvgIpc) is 2.73. The second kappa shape index (κ2) is 5.49. The zero-order valence-corrected chi connectivity index (χ0v) is 11.9. The number of hydrogen-bond donors (Lipinski definition) is 1. The summed E-state index contributed by atoms with van der Waals surface area (Å²) in [5.74, 6) is 0.777. The summed E-state index contributed by atoms with van der Waals surface area (Å²) in [6.07, 6.45) is 1.82. The van der Waals surface area contributed by atoms with Crippen LogP contribution in [0.5, 0.6) is 5.75 Å². The number of benzene rings is 1. The summed E-state index contributed by atoms with van der Waals surface area (Å²) in [6.45, 7) is 2.31. The Bertz CT molecular complexity index is 539. The number of nitrogens with zero attached hydrogens (tertiary/aromatic N) is 3. The van der Waals surface area contributed by atoms with Crippen LogP contribution in [0.2, 0.25) is 0 Å². The molecule has 5 nitrogen and oxygen atoms in total. The molecule has 0 radical (unpaired) electrons. The minimum absolute atomic E-state index is 0.0839. The summed E-state index contributed by atoms with van der Waals surface area (Å²) >= 11 is 3.43. The van der Waals surface area contributed by atoms with Crippen LogP contribution in [-0.2, 0) is 13.7 Å². The first-order valence-electron chi connectivity index (χ1n) is 5.59. The molecule has 0 aliphatic heterocycles. The van der Waals surface area contributed by atoms with Crippen LogP contribution in [0.1, 0.15) is 24.2 Å². The van der Waals surface area contributed by atoms with Gasteiger partial charge in [-0.3, -0.25) is 4.68 Å². The van der Waals surface area contributed by atoms with Gasteiger partial charge < -0.3 is 10.5 Å². The van der Waals surface area contributed by atoms with Gasteiger partial charge in [0.15, 0.2) is 0 Å². The van der Waals surface area contributed by atoms with E-state index in [9.17, 15) is 0 Å². The summed E-state index contributed by atoms with van der Waals surface area (Å²) in [5, 5.41) is 7.83. The molecule has 0 saturated heterocycles. The standard InChI is InChI=1S/C12H15BrN4O/c1-8(14)11-5-9(13)3-4-12(11)18-7-10-6-17(2)16-15-10/h3-6,8H,7,14H2,1-2H3/t8-/m1/s1. The molecule has 0 fully saturated rings. The molecule has 0 bridgehead atoms. The van der Waals surface area contributed by atoms with Gasteiger partial charge in [0.25, 0.3) is 0 Å². The molecule has 2 N–H and O–H groups in total. The number of halogens is 1. The van der Waals surface area contributed by atoms with Crippen molar-refractivity contribution in [1.82, 2.24) is 15.0 Å². The van der Waals surface area contributed by atoms with E-state index in [2.05, 4.69) is 26.2 Å². The number of nitrogens with two attached hydrogens (primary N) is 1. The largest absolute Gasteiger partial charge is 0.487 e. The van der Waals surface area contributed by atoms with Crippen LogP contribution in [0, 0.1) is 0 Å². The number of aromatic nitrogens is 3. The fraction of sp³-hybridized carbons (Fsp3) is 0.333. The van der Waals surface area contributed by atoms with Crippen LogP contribution in [-0.4, -0.2) is 15.0 Å². The van der Waals surface area contributed by atoms with Crippen molar-refractivity contribution in [2.24, 2.45) is 12.8 Å². The Kier molecular flexibility index (Phi) is 3.98. The molecule has 2 rings (SSSR count). The lowest BCUT2D eigenvalue weighted by atomic mass is 10.1. The summed E-state index contributed by atoms with van der Waals surface area (Å²) in [5.41, 5.74) is 7.68. The van der Waals surface area contributed by atoms with Crippen molar-refractivity contribution in [3.63, 3.8) is 0 Å². The molecular formula is C12H15BrN4O. The Morgan fingerprint density at radius 2 is 2.28 bits per heavy atom.